The fraction of sp³-hybridized carbons (Fsp3) is 0.176. The molecule has 0 saturated heterocycles. The summed E-state index contributed by atoms with van der Waals surface area (Å²) < 4.78 is 10.6. The van der Waals surface area contributed by atoms with Gasteiger partial charge in [0.2, 0.25) is 0 Å². The Morgan fingerprint density at radius 1 is 1.04 bits per heavy atom. The monoisotopic (exact) mass is 312 g/mol. The van der Waals surface area contributed by atoms with E-state index in [1.54, 1.807) is 49.8 Å². The number of furan rings is 2. The number of aryl methyl sites for hydroxylation is 1. The third-order valence-electron chi connectivity index (χ3n) is 3.43. The van der Waals surface area contributed by atoms with Gasteiger partial charge in [0.05, 0.1) is 25.6 Å². The molecule has 23 heavy (non-hydrogen) atoms. The molecule has 6 nitrogen and oxygen atoms in total. The summed E-state index contributed by atoms with van der Waals surface area (Å²) in [5.41, 5.74) is 0.391. The van der Waals surface area contributed by atoms with Gasteiger partial charge in [0.1, 0.15) is 17.1 Å². The molecule has 1 N–H and O–H groups in total. The van der Waals surface area contributed by atoms with E-state index >= 15 is 0 Å². The number of aromatic nitrogens is 1. The van der Waals surface area contributed by atoms with Crippen LogP contribution in [0.2, 0.25) is 0 Å². The molecule has 0 aromatic carbocycles. The Hall–Kier alpha value is -3.02. The van der Waals surface area contributed by atoms with Crippen LogP contribution in [0.1, 0.15) is 27.6 Å². The van der Waals surface area contributed by atoms with Crippen LogP contribution in [0, 0.1) is 6.92 Å². The number of nitrogens with zero attached hydrogens (tertiary/aromatic N) is 1. The number of hydrogen-bond acceptors (Lipinski definition) is 4. The molecule has 3 aromatic heterocycles. The molecule has 0 aliphatic rings. The first kappa shape index (κ1) is 14.9. The lowest BCUT2D eigenvalue weighted by atomic mass is 10.2. The molecule has 0 saturated carbocycles. The van der Waals surface area contributed by atoms with Gasteiger partial charge in [-0.05, 0) is 43.3 Å². The molecule has 6 heteroatoms. The van der Waals surface area contributed by atoms with Gasteiger partial charge in [-0.15, -0.1) is 0 Å². The molecule has 1 amide bonds. The molecule has 118 valence electrons. The molecule has 0 aliphatic carbocycles. The lowest BCUT2D eigenvalue weighted by Gasteiger charge is -2.20. The first-order chi connectivity index (χ1) is 11.1. The highest BCUT2D eigenvalue weighted by Gasteiger charge is 2.21. The van der Waals surface area contributed by atoms with Crippen LogP contribution < -0.4 is 5.56 Å². The highest BCUT2D eigenvalue weighted by Crippen LogP contribution is 2.13. The normalized spacial score (nSPS) is 10.7. The van der Waals surface area contributed by atoms with Gasteiger partial charge in [-0.3, -0.25) is 9.59 Å². The van der Waals surface area contributed by atoms with Crippen LogP contribution >= 0.6 is 0 Å². The maximum Gasteiger partial charge on any atom is 0.260 e. The average Bonchev–Trinajstić information content (AvgIpc) is 3.19. The van der Waals surface area contributed by atoms with E-state index < -0.39 is 5.56 Å². The Labute approximate surface area is 132 Å². The van der Waals surface area contributed by atoms with Crippen molar-refractivity contribution in [1.82, 2.24) is 9.88 Å². The van der Waals surface area contributed by atoms with Gasteiger partial charge < -0.3 is 18.7 Å². The van der Waals surface area contributed by atoms with Gasteiger partial charge >= 0.3 is 0 Å². The predicted molar refractivity (Wildman–Crippen MR) is 82.8 cm³/mol. The van der Waals surface area contributed by atoms with Gasteiger partial charge in [-0.1, -0.05) is 0 Å². The molecular weight excluding hydrogens is 296 g/mol. The third kappa shape index (κ3) is 3.42. The molecule has 3 aromatic rings. The number of H-pyrrole nitrogens is 1. The molecule has 0 fully saturated rings. The van der Waals surface area contributed by atoms with Crippen LogP contribution in [-0.2, 0) is 13.1 Å². The minimum Gasteiger partial charge on any atom is -0.467 e. The van der Waals surface area contributed by atoms with E-state index in [-0.39, 0.29) is 24.6 Å². The number of nitrogens with one attached hydrogen (secondary N) is 1. The molecule has 0 atom stereocenters. The summed E-state index contributed by atoms with van der Waals surface area (Å²) in [7, 11) is 0. The molecule has 3 rings (SSSR count). The van der Waals surface area contributed by atoms with Crippen molar-refractivity contribution in [3.63, 3.8) is 0 Å². The van der Waals surface area contributed by atoms with Crippen LogP contribution in [0.4, 0.5) is 0 Å². The fourth-order valence-corrected chi connectivity index (χ4v) is 2.29. The first-order valence-corrected chi connectivity index (χ1v) is 7.17. The maximum atomic E-state index is 12.8. The molecular formula is C17H16N2O4. The zero-order valence-electron chi connectivity index (χ0n) is 12.6. The maximum absolute atomic E-state index is 12.8. The van der Waals surface area contributed by atoms with Crippen molar-refractivity contribution in [2.45, 2.75) is 20.0 Å². The van der Waals surface area contributed by atoms with Crippen LogP contribution in [0.25, 0.3) is 0 Å². The lowest BCUT2D eigenvalue weighted by molar-refractivity contribution is 0.0703. The fourth-order valence-electron chi connectivity index (χ4n) is 2.29. The number of amides is 1. The van der Waals surface area contributed by atoms with Crippen LogP contribution in [0.15, 0.2) is 62.6 Å². The quantitative estimate of drug-likeness (QED) is 0.785. The smallest absolute Gasteiger partial charge is 0.260 e. The predicted octanol–water partition coefficient (Wildman–Crippen LogP) is 2.71. The Morgan fingerprint density at radius 3 is 2.13 bits per heavy atom. The van der Waals surface area contributed by atoms with Crippen molar-refractivity contribution < 1.29 is 13.6 Å². The van der Waals surface area contributed by atoms with Gasteiger partial charge in [0, 0.05) is 5.69 Å². The number of carbonyl (C=O) groups excluding carboxylic acids is 1. The highest BCUT2D eigenvalue weighted by molar-refractivity contribution is 5.93. The molecule has 0 bridgehead atoms. The number of rotatable bonds is 5. The van der Waals surface area contributed by atoms with Crippen LogP contribution in [0.5, 0.6) is 0 Å². The number of carbonyl (C=O) groups is 1. The van der Waals surface area contributed by atoms with E-state index in [0.29, 0.717) is 17.2 Å². The van der Waals surface area contributed by atoms with Crippen LogP contribution in [0.3, 0.4) is 0 Å². The molecule has 0 aliphatic heterocycles. The van der Waals surface area contributed by atoms with Gasteiger partial charge in [-0.25, -0.2) is 0 Å². The number of hydrogen-bond donors (Lipinski definition) is 1. The number of pyridine rings is 1. The zero-order chi connectivity index (χ0) is 16.2. The van der Waals surface area contributed by atoms with Gasteiger partial charge in [0.15, 0.2) is 0 Å². The van der Waals surface area contributed by atoms with Crippen molar-refractivity contribution >= 4 is 5.91 Å². The molecule has 0 unspecified atom stereocenters. The van der Waals surface area contributed by atoms with E-state index in [1.165, 1.54) is 11.0 Å². The summed E-state index contributed by atoms with van der Waals surface area (Å²) in [6.45, 7) is 2.26. The van der Waals surface area contributed by atoms with Gasteiger partial charge in [0.25, 0.3) is 11.5 Å². The molecule has 3 heterocycles. The van der Waals surface area contributed by atoms with E-state index in [9.17, 15) is 9.59 Å². The van der Waals surface area contributed by atoms with Crippen molar-refractivity contribution in [2.75, 3.05) is 0 Å². The Kier molecular flexibility index (Phi) is 4.14. The third-order valence-corrected chi connectivity index (χ3v) is 3.43. The first-order valence-electron chi connectivity index (χ1n) is 7.17. The second-order valence-corrected chi connectivity index (χ2v) is 5.20. The zero-order valence-corrected chi connectivity index (χ0v) is 12.6. The summed E-state index contributed by atoms with van der Waals surface area (Å²) in [5, 5.41) is 0. The van der Waals surface area contributed by atoms with Crippen molar-refractivity contribution in [1.29, 1.82) is 0 Å². The number of aromatic amines is 1. The highest BCUT2D eigenvalue weighted by atomic mass is 16.3. The Morgan fingerprint density at radius 2 is 1.65 bits per heavy atom. The summed E-state index contributed by atoms with van der Waals surface area (Å²) >= 11 is 0. The summed E-state index contributed by atoms with van der Waals surface area (Å²) in [4.78, 5) is 28.9. The van der Waals surface area contributed by atoms with Crippen molar-refractivity contribution in [2.24, 2.45) is 0 Å². The standard InChI is InChI=1S/C17H16N2O4/c1-12-6-7-15(16(20)18-12)17(21)19(10-13-4-2-8-22-13)11-14-5-3-9-23-14/h2-9H,10-11H2,1H3,(H,18,20). The van der Waals surface area contributed by atoms with E-state index in [0.717, 1.165) is 0 Å². The van der Waals surface area contributed by atoms with E-state index in [4.69, 9.17) is 8.83 Å². The summed E-state index contributed by atoms with van der Waals surface area (Å²) in [5.74, 6) is 0.890. The van der Waals surface area contributed by atoms with E-state index in [1.807, 2.05) is 0 Å². The molecule has 0 radical (unpaired) electrons. The Bertz CT molecular complexity index is 796. The second-order valence-electron chi connectivity index (χ2n) is 5.20. The average molecular weight is 312 g/mol. The summed E-state index contributed by atoms with van der Waals surface area (Å²) in [6.07, 6.45) is 3.09. The minimum absolute atomic E-state index is 0.0914. The van der Waals surface area contributed by atoms with Crippen molar-refractivity contribution in [3.8, 4) is 0 Å². The summed E-state index contributed by atoms with van der Waals surface area (Å²) in [6, 6.07) is 10.3. The molecule has 0 spiro atoms. The topological polar surface area (TPSA) is 79.5 Å². The largest absolute Gasteiger partial charge is 0.467 e. The van der Waals surface area contributed by atoms with Crippen molar-refractivity contribution in [3.05, 3.63) is 82.1 Å². The van der Waals surface area contributed by atoms with Gasteiger partial charge in [-0.2, -0.15) is 0 Å². The van der Waals surface area contributed by atoms with Crippen LogP contribution in [-0.4, -0.2) is 15.8 Å². The lowest BCUT2D eigenvalue weighted by Crippen LogP contribution is -2.34. The minimum atomic E-state index is -0.404. The SMILES string of the molecule is Cc1ccc(C(=O)N(Cc2ccco2)Cc2ccco2)c(=O)[nH]1. The van der Waals surface area contributed by atoms with E-state index in [2.05, 4.69) is 4.98 Å². The Balaban J connectivity index is 1.89. The second kappa shape index (κ2) is 6.39.